The Morgan fingerprint density at radius 2 is 2.06 bits per heavy atom. The molecular weight excluding hydrogens is 258 g/mol. The van der Waals surface area contributed by atoms with Crippen LogP contribution in [-0.2, 0) is 7.05 Å². The predicted molar refractivity (Wildman–Crippen MR) is 66.8 cm³/mol. The molecule has 1 aliphatic rings. The molecule has 1 aromatic heterocycles. The Morgan fingerprint density at radius 1 is 1.44 bits per heavy atom. The fraction of sp³-hybridized carbons (Fsp3) is 0.545. The zero-order chi connectivity index (χ0) is 13.3. The molecule has 1 saturated heterocycles. The molecule has 0 spiro atoms. The number of amides is 1. The summed E-state index contributed by atoms with van der Waals surface area (Å²) in [5.74, 6) is -0.250. The summed E-state index contributed by atoms with van der Waals surface area (Å²) in [5.41, 5.74) is 0.342. The first kappa shape index (κ1) is 12.9. The van der Waals surface area contributed by atoms with E-state index in [-0.39, 0.29) is 17.1 Å². The lowest BCUT2D eigenvalue weighted by atomic mass is 10.1. The summed E-state index contributed by atoms with van der Waals surface area (Å²) in [4.78, 5) is 24.1. The summed E-state index contributed by atoms with van der Waals surface area (Å²) in [6.45, 7) is 1.21. The zero-order valence-electron chi connectivity index (χ0n) is 10.0. The van der Waals surface area contributed by atoms with Gasteiger partial charge in [0, 0.05) is 24.5 Å². The van der Waals surface area contributed by atoms with Gasteiger partial charge in [-0.05, 0) is 23.8 Å². The summed E-state index contributed by atoms with van der Waals surface area (Å²) in [6.07, 6.45) is 1.53. The highest BCUT2D eigenvalue weighted by Crippen LogP contribution is 2.20. The van der Waals surface area contributed by atoms with Crippen LogP contribution >= 0.6 is 11.6 Å². The minimum absolute atomic E-state index is 0.0782. The van der Waals surface area contributed by atoms with Crippen molar-refractivity contribution >= 4 is 23.3 Å². The molecule has 0 bridgehead atoms. The molecule has 0 N–H and O–H groups in total. The number of aromatic nitrogens is 1. The van der Waals surface area contributed by atoms with Crippen LogP contribution in [-0.4, -0.2) is 38.8 Å². The van der Waals surface area contributed by atoms with Crippen LogP contribution in [0.3, 0.4) is 0 Å². The predicted octanol–water partition coefficient (Wildman–Crippen LogP) is 1.78. The average Bonchev–Trinajstić information content (AvgIpc) is 2.71. The van der Waals surface area contributed by atoms with E-state index in [1.165, 1.54) is 23.7 Å². The Hall–Kier alpha value is -1.56. The highest BCUT2D eigenvalue weighted by molar-refractivity contribution is 6.20. The molecular formula is C11H14ClN3O3. The molecule has 0 aromatic carbocycles. The molecule has 1 aliphatic heterocycles. The molecule has 1 amide bonds. The van der Waals surface area contributed by atoms with Gasteiger partial charge in [0.15, 0.2) is 5.69 Å². The fourth-order valence-electron chi connectivity index (χ4n) is 2.11. The minimum atomic E-state index is -0.498. The van der Waals surface area contributed by atoms with Gasteiger partial charge in [-0.25, -0.2) is 4.57 Å². The van der Waals surface area contributed by atoms with Gasteiger partial charge in [-0.15, -0.1) is 11.6 Å². The van der Waals surface area contributed by atoms with Crippen molar-refractivity contribution in [2.24, 2.45) is 7.05 Å². The van der Waals surface area contributed by atoms with E-state index in [2.05, 4.69) is 0 Å². The normalized spacial score (nSPS) is 16.9. The number of hydrogen-bond acceptors (Lipinski definition) is 3. The Balaban J connectivity index is 2.16. The summed E-state index contributed by atoms with van der Waals surface area (Å²) in [5, 5.41) is 10.8. The van der Waals surface area contributed by atoms with E-state index in [1.54, 1.807) is 4.90 Å². The number of hydrogen-bond donors (Lipinski definition) is 0. The van der Waals surface area contributed by atoms with Crippen LogP contribution in [0.25, 0.3) is 0 Å². The van der Waals surface area contributed by atoms with Crippen LogP contribution in [0.1, 0.15) is 23.3 Å². The number of carbonyl (C=O) groups excluding carboxylic acids is 1. The maximum absolute atomic E-state index is 12.2. The fourth-order valence-corrected chi connectivity index (χ4v) is 2.31. The van der Waals surface area contributed by atoms with Gasteiger partial charge in [0.2, 0.25) is 0 Å². The molecule has 18 heavy (non-hydrogen) atoms. The molecule has 2 rings (SSSR count). The van der Waals surface area contributed by atoms with Crippen LogP contribution in [0, 0.1) is 10.1 Å². The van der Waals surface area contributed by atoms with E-state index in [0.717, 1.165) is 12.8 Å². The lowest BCUT2D eigenvalue weighted by molar-refractivity contribution is -0.391. The van der Waals surface area contributed by atoms with Gasteiger partial charge in [0.25, 0.3) is 5.91 Å². The lowest BCUT2D eigenvalue weighted by Gasteiger charge is -2.28. The van der Waals surface area contributed by atoms with E-state index < -0.39 is 4.92 Å². The van der Waals surface area contributed by atoms with Crippen LogP contribution in [0.15, 0.2) is 12.1 Å². The van der Waals surface area contributed by atoms with Crippen molar-refractivity contribution in [2.75, 3.05) is 13.1 Å². The number of alkyl halides is 1. The number of halogens is 1. The van der Waals surface area contributed by atoms with Crippen LogP contribution < -0.4 is 0 Å². The van der Waals surface area contributed by atoms with Crippen molar-refractivity contribution in [2.45, 2.75) is 18.2 Å². The summed E-state index contributed by atoms with van der Waals surface area (Å²) in [7, 11) is 1.53. The second-order valence-electron chi connectivity index (χ2n) is 4.36. The van der Waals surface area contributed by atoms with Crippen LogP contribution in [0.2, 0.25) is 0 Å². The standard InChI is InChI=1S/C11H14ClN3O3/c1-13-9(2-3-10(13)15(17)18)11(16)14-6-4-8(12)5-7-14/h2-3,8H,4-7H2,1H3. The largest absolute Gasteiger partial charge is 0.358 e. The van der Waals surface area contributed by atoms with E-state index in [9.17, 15) is 14.9 Å². The molecule has 1 aromatic rings. The number of nitro groups is 1. The average molecular weight is 272 g/mol. The lowest BCUT2D eigenvalue weighted by Crippen LogP contribution is -2.39. The SMILES string of the molecule is Cn1c(C(=O)N2CCC(Cl)CC2)ccc1[N+](=O)[O-]. The van der Waals surface area contributed by atoms with Crippen LogP contribution in [0.5, 0.6) is 0 Å². The van der Waals surface area contributed by atoms with Gasteiger partial charge in [0.1, 0.15) is 0 Å². The van der Waals surface area contributed by atoms with Crippen molar-refractivity contribution in [1.29, 1.82) is 0 Å². The maximum atomic E-state index is 12.2. The minimum Gasteiger partial charge on any atom is -0.358 e. The van der Waals surface area contributed by atoms with Gasteiger partial charge in [-0.3, -0.25) is 4.79 Å². The molecule has 98 valence electrons. The first-order valence-electron chi connectivity index (χ1n) is 5.74. The third-order valence-electron chi connectivity index (χ3n) is 3.21. The number of nitrogens with zero attached hydrogens (tertiary/aromatic N) is 3. The van der Waals surface area contributed by atoms with Crippen LogP contribution in [0.4, 0.5) is 5.82 Å². The third-order valence-corrected chi connectivity index (χ3v) is 3.65. The number of likely N-dealkylation sites (tertiary alicyclic amines) is 1. The number of piperidine rings is 1. The van der Waals surface area contributed by atoms with Crippen molar-refractivity contribution in [3.63, 3.8) is 0 Å². The molecule has 2 heterocycles. The molecule has 1 fully saturated rings. The first-order valence-corrected chi connectivity index (χ1v) is 6.18. The Morgan fingerprint density at radius 3 is 2.56 bits per heavy atom. The van der Waals surface area contributed by atoms with E-state index in [0.29, 0.717) is 18.8 Å². The highest BCUT2D eigenvalue weighted by atomic mass is 35.5. The molecule has 0 saturated carbocycles. The van der Waals surface area contributed by atoms with Gasteiger partial charge in [-0.2, -0.15) is 0 Å². The maximum Gasteiger partial charge on any atom is 0.323 e. The van der Waals surface area contributed by atoms with E-state index in [4.69, 9.17) is 11.6 Å². The number of carbonyl (C=O) groups is 1. The van der Waals surface area contributed by atoms with E-state index in [1.807, 2.05) is 0 Å². The van der Waals surface area contributed by atoms with Crippen molar-refractivity contribution in [3.05, 3.63) is 27.9 Å². The summed E-state index contributed by atoms with van der Waals surface area (Å²) < 4.78 is 1.31. The third kappa shape index (κ3) is 2.33. The molecule has 6 nitrogen and oxygen atoms in total. The molecule has 0 unspecified atom stereocenters. The second kappa shape index (κ2) is 4.97. The number of rotatable bonds is 2. The van der Waals surface area contributed by atoms with Gasteiger partial charge >= 0.3 is 5.82 Å². The Bertz CT molecular complexity index is 478. The van der Waals surface area contributed by atoms with Crippen molar-refractivity contribution < 1.29 is 9.72 Å². The summed E-state index contributed by atoms with van der Waals surface area (Å²) in [6, 6.07) is 2.84. The van der Waals surface area contributed by atoms with Gasteiger partial charge in [-0.1, -0.05) is 0 Å². The highest BCUT2D eigenvalue weighted by Gasteiger charge is 2.27. The van der Waals surface area contributed by atoms with Gasteiger partial charge in [0.05, 0.1) is 7.05 Å². The van der Waals surface area contributed by atoms with E-state index >= 15 is 0 Å². The zero-order valence-corrected chi connectivity index (χ0v) is 10.8. The monoisotopic (exact) mass is 271 g/mol. The Labute approximate surface area is 109 Å². The van der Waals surface area contributed by atoms with Crippen molar-refractivity contribution in [1.82, 2.24) is 9.47 Å². The Kier molecular flexibility index (Phi) is 3.56. The topological polar surface area (TPSA) is 68.4 Å². The molecule has 0 atom stereocenters. The van der Waals surface area contributed by atoms with Crippen molar-refractivity contribution in [3.8, 4) is 0 Å². The second-order valence-corrected chi connectivity index (χ2v) is 4.98. The molecule has 0 radical (unpaired) electrons. The smallest absolute Gasteiger partial charge is 0.323 e. The van der Waals surface area contributed by atoms with Gasteiger partial charge < -0.3 is 15.0 Å². The first-order chi connectivity index (χ1) is 8.50. The molecule has 0 aliphatic carbocycles. The summed E-state index contributed by atoms with van der Waals surface area (Å²) >= 11 is 5.98. The molecule has 7 heteroatoms. The quantitative estimate of drug-likeness (QED) is 0.468.